The van der Waals surface area contributed by atoms with E-state index >= 15 is 0 Å². The van der Waals surface area contributed by atoms with Crippen LogP contribution in [0.2, 0.25) is 0 Å². The van der Waals surface area contributed by atoms with E-state index in [1.54, 1.807) is 12.1 Å². The smallest absolute Gasteiger partial charge is 0.128 e. The average molecular weight is 890 g/mol. The molecule has 8 aromatic rings. The number of hydrogen-bond donors (Lipinski definition) is 0. The average Bonchev–Trinajstić information content (AvgIpc) is 3.59. The van der Waals surface area contributed by atoms with Crippen molar-refractivity contribution in [1.29, 1.82) is 0 Å². The van der Waals surface area contributed by atoms with Crippen molar-refractivity contribution in [2.45, 2.75) is 66.6 Å². The maximum Gasteiger partial charge on any atom is 0.128 e. The van der Waals surface area contributed by atoms with Crippen molar-refractivity contribution in [3.63, 3.8) is 0 Å². The Morgan fingerprint density at radius 3 is 2.28 bits per heavy atom. The first-order chi connectivity index (χ1) is 28.3. The fourth-order valence-electron chi connectivity index (χ4n) is 8.34. The molecule has 273 valence electrons. The van der Waals surface area contributed by atoms with Crippen LogP contribution < -0.4 is 0 Å². The minimum Gasteiger partial charge on any atom is -0.500 e. The Balaban J connectivity index is 0.000000188. The molecule has 1 aliphatic rings. The number of rotatable bonds is 4. The molecule has 0 aliphatic heterocycles. The van der Waals surface area contributed by atoms with Gasteiger partial charge in [0.05, 0.1) is 5.58 Å². The van der Waals surface area contributed by atoms with Gasteiger partial charge in [0.25, 0.3) is 0 Å². The van der Waals surface area contributed by atoms with Gasteiger partial charge in [-0.25, -0.2) is 0 Å². The van der Waals surface area contributed by atoms with Gasteiger partial charge in [0, 0.05) is 52.9 Å². The van der Waals surface area contributed by atoms with E-state index < -0.39 is 19.6 Å². The molecule has 1 aliphatic carbocycles. The van der Waals surface area contributed by atoms with Gasteiger partial charge in [0.1, 0.15) is 5.58 Å². The van der Waals surface area contributed by atoms with Crippen LogP contribution in [-0.2, 0) is 20.1 Å². The van der Waals surface area contributed by atoms with Crippen LogP contribution >= 0.6 is 0 Å². The quantitative estimate of drug-likeness (QED) is 0.165. The Kier molecular flexibility index (Phi) is 8.24. The predicted molar refractivity (Wildman–Crippen MR) is 221 cm³/mol. The van der Waals surface area contributed by atoms with Crippen LogP contribution in [0.4, 0.5) is 0 Å². The maximum absolute atomic E-state index is 9.51. The van der Waals surface area contributed by atoms with E-state index in [0.29, 0.717) is 16.8 Å². The third kappa shape index (κ3) is 7.69. The molecule has 0 bridgehead atoms. The molecule has 1 radical (unpaired) electrons. The van der Waals surface area contributed by atoms with Crippen LogP contribution in [0.25, 0.3) is 66.4 Å². The largest absolute Gasteiger partial charge is 0.500 e. The van der Waals surface area contributed by atoms with Gasteiger partial charge in [-0.15, -0.1) is 47.5 Å². The SMILES string of the molecule is [2H]C([2H])([2H])c1ccc(-c2[c-]cc(C([2H])([2H])[2H])c(-c3ccccc3)c2)nc1.[2H]C1(c2ccnc(-c3[c-]ccc4c3oc3c5ccccc5ccc43)c2)CC(C)(C)CC(C)(C)C1.[Ir]. The number of aryl methyl sites for hydroxylation is 2. The van der Waals surface area contributed by atoms with Crippen LogP contribution in [0, 0.1) is 36.7 Å². The van der Waals surface area contributed by atoms with E-state index in [4.69, 9.17) is 17.6 Å². The van der Waals surface area contributed by atoms with E-state index in [1.807, 2.05) is 54.7 Å². The summed E-state index contributed by atoms with van der Waals surface area (Å²) in [6.45, 7) is 4.71. The summed E-state index contributed by atoms with van der Waals surface area (Å²) in [6, 6.07) is 42.7. The van der Waals surface area contributed by atoms with Gasteiger partial charge in [-0.3, -0.25) is 0 Å². The molecule has 0 unspecified atom stereocenters. The summed E-state index contributed by atoms with van der Waals surface area (Å²) in [5.74, 6) is -0.638. The molecule has 0 saturated heterocycles. The van der Waals surface area contributed by atoms with Crippen LogP contribution in [0.5, 0.6) is 0 Å². The number of pyridine rings is 2. The van der Waals surface area contributed by atoms with Crippen molar-refractivity contribution in [3.05, 3.63) is 156 Å². The minimum absolute atomic E-state index is 0. The summed E-state index contributed by atoms with van der Waals surface area (Å²) in [4.78, 5) is 8.93. The maximum atomic E-state index is 9.51. The summed E-state index contributed by atoms with van der Waals surface area (Å²) in [6.07, 6.45) is 5.99. The second kappa shape index (κ2) is 15.1. The van der Waals surface area contributed by atoms with E-state index in [9.17, 15) is 1.37 Å². The van der Waals surface area contributed by atoms with E-state index in [1.165, 1.54) is 23.7 Å². The van der Waals surface area contributed by atoms with Crippen molar-refractivity contribution in [2.24, 2.45) is 10.8 Å². The number of hydrogen-bond acceptors (Lipinski definition) is 3. The predicted octanol–water partition coefficient (Wildman–Crippen LogP) is 13.8. The molecule has 0 spiro atoms. The number of fused-ring (bicyclic) bond motifs is 5. The summed E-state index contributed by atoms with van der Waals surface area (Å²) in [7, 11) is 0. The number of aromatic nitrogens is 2. The number of furan rings is 1. The molecule has 0 amide bonds. The molecule has 3 nitrogen and oxygen atoms in total. The molecule has 0 atom stereocenters. The van der Waals surface area contributed by atoms with E-state index in [0.717, 1.165) is 69.0 Å². The Morgan fingerprint density at radius 1 is 0.741 bits per heavy atom. The molecule has 1 fully saturated rings. The molecular weight excluding hydrogens is 837 g/mol. The topological polar surface area (TPSA) is 38.9 Å². The third-order valence-electron chi connectivity index (χ3n) is 10.2. The zero-order valence-electron chi connectivity index (χ0n) is 37.9. The van der Waals surface area contributed by atoms with Gasteiger partial charge in [-0.1, -0.05) is 142 Å². The van der Waals surface area contributed by atoms with Gasteiger partial charge < -0.3 is 14.4 Å². The molecule has 0 N–H and O–H groups in total. The van der Waals surface area contributed by atoms with E-state index in [-0.39, 0.29) is 42.1 Å². The number of benzene rings is 5. The van der Waals surface area contributed by atoms with Crippen LogP contribution in [0.1, 0.15) is 79.1 Å². The molecule has 54 heavy (non-hydrogen) atoms. The molecule has 5 aromatic carbocycles. The first kappa shape index (κ1) is 29.5. The Morgan fingerprint density at radius 2 is 1.52 bits per heavy atom. The summed E-state index contributed by atoms with van der Waals surface area (Å²) < 4.78 is 61.6. The van der Waals surface area contributed by atoms with Gasteiger partial charge in [0.2, 0.25) is 0 Å². The Bertz CT molecular complexity index is 2830. The monoisotopic (exact) mass is 890 g/mol. The molecule has 4 heteroatoms. The fraction of sp³-hybridized carbons (Fsp3) is 0.240. The third-order valence-corrected chi connectivity index (χ3v) is 10.2. The normalized spacial score (nSPS) is 18.0. The Hall–Kier alpha value is -4.89. The zero-order valence-corrected chi connectivity index (χ0v) is 33.3. The van der Waals surface area contributed by atoms with Crippen molar-refractivity contribution in [1.82, 2.24) is 9.97 Å². The number of nitrogens with zero attached hydrogens (tertiary/aromatic N) is 2. The molecule has 3 heterocycles. The summed E-state index contributed by atoms with van der Waals surface area (Å²) in [5.41, 5.74) is 7.55. The van der Waals surface area contributed by atoms with Crippen molar-refractivity contribution in [3.8, 4) is 33.6 Å². The second-order valence-electron chi connectivity index (χ2n) is 15.7. The van der Waals surface area contributed by atoms with E-state index in [2.05, 4.69) is 87.3 Å². The minimum atomic E-state index is -2.27. The first-order valence-electron chi connectivity index (χ1n) is 21.6. The standard InChI is InChI=1S/C31H30NO.C19H16N.Ir/c1-30(2)17-22(18-31(3,4)19-30)21-14-15-32-27(16-21)26-11-7-10-24-25-13-12-20-8-5-6-9-23(20)28(25)33-29(24)26;1-14-8-11-19(20-13-14)17-10-9-15(2)18(12-17)16-6-4-3-5-7-16;/h5-10,12-16,22H,17-19H2,1-4H3;3-9,11-13H,1-2H3;/q2*-1;/i22D;1D3,2D3;. The first-order valence-corrected chi connectivity index (χ1v) is 18.1. The molecule has 1 saturated carbocycles. The van der Waals surface area contributed by atoms with Gasteiger partial charge in [-0.2, -0.15) is 0 Å². The van der Waals surface area contributed by atoms with Crippen LogP contribution in [0.15, 0.2) is 132 Å². The van der Waals surface area contributed by atoms with Crippen LogP contribution in [-0.4, -0.2) is 9.97 Å². The second-order valence-corrected chi connectivity index (χ2v) is 15.7. The van der Waals surface area contributed by atoms with Crippen LogP contribution in [0.3, 0.4) is 0 Å². The van der Waals surface area contributed by atoms with Crippen molar-refractivity contribution < 1.29 is 34.1 Å². The van der Waals surface area contributed by atoms with Gasteiger partial charge in [-0.05, 0) is 76.8 Å². The molecule has 3 aromatic heterocycles. The molecule has 9 rings (SSSR count). The molecular formula is C50H46IrN2O-2. The Labute approximate surface area is 343 Å². The van der Waals surface area contributed by atoms with Gasteiger partial charge >= 0.3 is 0 Å². The van der Waals surface area contributed by atoms with Crippen molar-refractivity contribution in [2.75, 3.05) is 0 Å². The zero-order chi connectivity index (χ0) is 42.7. The van der Waals surface area contributed by atoms with Gasteiger partial charge in [0.15, 0.2) is 0 Å². The summed E-state index contributed by atoms with van der Waals surface area (Å²) >= 11 is 0. The fourth-order valence-corrected chi connectivity index (χ4v) is 8.34. The van der Waals surface area contributed by atoms with Crippen molar-refractivity contribution >= 4 is 32.7 Å². The summed E-state index contributed by atoms with van der Waals surface area (Å²) in [5, 5.41) is 4.45.